The predicted octanol–water partition coefficient (Wildman–Crippen LogP) is 5.29. The Morgan fingerprint density at radius 1 is 0.885 bits per heavy atom. The highest BCUT2D eigenvalue weighted by Gasteiger charge is 2.08. The van der Waals surface area contributed by atoms with Gasteiger partial charge >= 0.3 is 0 Å². The molecule has 0 aliphatic carbocycles. The van der Waals surface area contributed by atoms with Crippen molar-refractivity contribution in [3.8, 4) is 11.5 Å². The van der Waals surface area contributed by atoms with Crippen LogP contribution in [0.2, 0.25) is 10.0 Å². The molecule has 3 rings (SSSR count). The zero-order chi connectivity index (χ0) is 18.5. The van der Waals surface area contributed by atoms with E-state index in [0.29, 0.717) is 44.7 Å². The second-order valence-corrected chi connectivity index (χ2v) is 6.05. The first-order valence-electron chi connectivity index (χ1n) is 7.63. The van der Waals surface area contributed by atoms with Crippen molar-refractivity contribution in [2.45, 2.75) is 0 Å². The third-order valence-corrected chi connectivity index (χ3v) is 4.05. The summed E-state index contributed by atoms with van der Waals surface area (Å²) < 4.78 is 10.6. The molecule has 8 heteroatoms. The van der Waals surface area contributed by atoms with Crippen LogP contribution in [0, 0.1) is 0 Å². The molecular weight excluding hydrogens is 375 g/mol. The molecule has 0 unspecified atom stereocenters. The van der Waals surface area contributed by atoms with Crippen molar-refractivity contribution < 1.29 is 9.47 Å². The summed E-state index contributed by atoms with van der Waals surface area (Å²) in [5.74, 6) is 2.31. The summed E-state index contributed by atoms with van der Waals surface area (Å²) in [7, 11) is 3.19. The van der Waals surface area contributed by atoms with Crippen molar-refractivity contribution in [2.24, 2.45) is 0 Å². The number of ether oxygens (including phenoxy) is 2. The van der Waals surface area contributed by atoms with Gasteiger partial charge in [0, 0.05) is 17.3 Å². The Balaban J connectivity index is 1.84. The third kappa shape index (κ3) is 4.28. The maximum absolute atomic E-state index is 6.19. The van der Waals surface area contributed by atoms with Crippen LogP contribution in [-0.4, -0.2) is 24.2 Å². The summed E-state index contributed by atoms with van der Waals surface area (Å²) in [6.45, 7) is 0. The summed E-state index contributed by atoms with van der Waals surface area (Å²) in [5, 5.41) is 7.33. The van der Waals surface area contributed by atoms with Gasteiger partial charge in [-0.2, -0.15) is 4.98 Å². The lowest BCUT2D eigenvalue weighted by atomic mass is 10.2. The monoisotopic (exact) mass is 390 g/mol. The second kappa shape index (κ2) is 8.12. The molecule has 3 aromatic rings. The number of hydrogen-bond donors (Lipinski definition) is 2. The van der Waals surface area contributed by atoms with Crippen LogP contribution in [0.4, 0.5) is 23.1 Å². The standard InChI is InChI=1S/C18H16Cl2N4O2/c1-25-12-4-6-16(26-2)15(10-12)23-18-21-8-7-17(24-18)22-14-5-3-11(19)9-13(14)20/h3-10H,1-2H3,(H2,21,22,23,24). The first kappa shape index (κ1) is 18.1. The molecule has 0 spiro atoms. The minimum Gasteiger partial charge on any atom is -0.497 e. The van der Waals surface area contributed by atoms with Gasteiger partial charge in [-0.3, -0.25) is 0 Å². The molecule has 1 heterocycles. The Morgan fingerprint density at radius 2 is 1.73 bits per heavy atom. The fourth-order valence-corrected chi connectivity index (χ4v) is 2.71. The van der Waals surface area contributed by atoms with Crippen LogP contribution in [0.25, 0.3) is 0 Å². The third-order valence-electron chi connectivity index (χ3n) is 3.50. The largest absolute Gasteiger partial charge is 0.497 e. The lowest BCUT2D eigenvalue weighted by molar-refractivity contribution is 0.405. The van der Waals surface area contributed by atoms with Crippen molar-refractivity contribution in [1.82, 2.24) is 9.97 Å². The van der Waals surface area contributed by atoms with Gasteiger partial charge in [0.15, 0.2) is 0 Å². The zero-order valence-corrected chi connectivity index (χ0v) is 15.6. The molecule has 0 saturated heterocycles. The van der Waals surface area contributed by atoms with Gasteiger partial charge in [-0.1, -0.05) is 23.2 Å². The van der Waals surface area contributed by atoms with E-state index < -0.39 is 0 Å². The summed E-state index contributed by atoms with van der Waals surface area (Å²) in [4.78, 5) is 8.67. The molecule has 0 aliphatic rings. The van der Waals surface area contributed by atoms with Crippen molar-refractivity contribution in [2.75, 3.05) is 24.9 Å². The number of anilines is 4. The fourth-order valence-electron chi connectivity index (χ4n) is 2.25. The van der Waals surface area contributed by atoms with E-state index in [-0.39, 0.29) is 0 Å². The molecule has 1 aromatic heterocycles. The van der Waals surface area contributed by atoms with Gasteiger partial charge in [0.2, 0.25) is 5.95 Å². The van der Waals surface area contributed by atoms with E-state index in [9.17, 15) is 0 Å². The minimum absolute atomic E-state index is 0.395. The lowest BCUT2D eigenvalue weighted by Crippen LogP contribution is -2.02. The van der Waals surface area contributed by atoms with Crippen LogP contribution in [0.5, 0.6) is 11.5 Å². The molecule has 0 atom stereocenters. The van der Waals surface area contributed by atoms with Crippen LogP contribution in [0.3, 0.4) is 0 Å². The van der Waals surface area contributed by atoms with E-state index in [1.54, 1.807) is 56.8 Å². The molecule has 2 N–H and O–H groups in total. The second-order valence-electron chi connectivity index (χ2n) is 5.21. The van der Waals surface area contributed by atoms with Gasteiger partial charge in [0.05, 0.1) is 30.6 Å². The number of hydrogen-bond acceptors (Lipinski definition) is 6. The van der Waals surface area contributed by atoms with Crippen LogP contribution in [0.15, 0.2) is 48.7 Å². The molecule has 134 valence electrons. The lowest BCUT2D eigenvalue weighted by Gasteiger charge is -2.13. The van der Waals surface area contributed by atoms with Crippen LogP contribution < -0.4 is 20.1 Å². The van der Waals surface area contributed by atoms with Crippen molar-refractivity contribution in [3.05, 3.63) is 58.7 Å². The average molecular weight is 391 g/mol. The summed E-state index contributed by atoms with van der Waals surface area (Å²) in [5.41, 5.74) is 1.38. The Labute approximate surface area is 161 Å². The van der Waals surface area contributed by atoms with Crippen molar-refractivity contribution >= 4 is 46.3 Å². The van der Waals surface area contributed by atoms with Crippen LogP contribution in [-0.2, 0) is 0 Å². The summed E-state index contributed by atoms with van der Waals surface area (Å²) >= 11 is 12.1. The summed E-state index contributed by atoms with van der Waals surface area (Å²) in [6.07, 6.45) is 1.63. The van der Waals surface area contributed by atoms with Crippen LogP contribution >= 0.6 is 23.2 Å². The van der Waals surface area contributed by atoms with Gasteiger partial charge in [-0.25, -0.2) is 4.98 Å². The van der Waals surface area contributed by atoms with E-state index >= 15 is 0 Å². The zero-order valence-electron chi connectivity index (χ0n) is 14.1. The van der Waals surface area contributed by atoms with Gasteiger partial charge in [-0.15, -0.1) is 0 Å². The van der Waals surface area contributed by atoms with Gasteiger partial charge in [-0.05, 0) is 36.4 Å². The molecule has 0 saturated carbocycles. The van der Waals surface area contributed by atoms with Crippen LogP contribution in [0.1, 0.15) is 0 Å². The Morgan fingerprint density at radius 3 is 2.46 bits per heavy atom. The molecule has 0 amide bonds. The number of nitrogens with zero attached hydrogens (tertiary/aromatic N) is 2. The maximum Gasteiger partial charge on any atom is 0.229 e. The molecule has 2 aromatic carbocycles. The topological polar surface area (TPSA) is 68.3 Å². The van der Waals surface area contributed by atoms with Gasteiger partial charge in [0.1, 0.15) is 17.3 Å². The van der Waals surface area contributed by atoms with Gasteiger partial charge < -0.3 is 20.1 Å². The molecule has 0 fully saturated rings. The predicted molar refractivity (Wildman–Crippen MR) is 105 cm³/mol. The minimum atomic E-state index is 0.395. The Kier molecular flexibility index (Phi) is 5.65. The SMILES string of the molecule is COc1ccc(OC)c(Nc2nccc(Nc3ccc(Cl)cc3Cl)n2)c1. The van der Waals surface area contributed by atoms with Crippen molar-refractivity contribution in [1.29, 1.82) is 0 Å². The molecule has 6 nitrogen and oxygen atoms in total. The van der Waals surface area contributed by atoms with Crippen molar-refractivity contribution in [3.63, 3.8) is 0 Å². The van der Waals surface area contributed by atoms with Gasteiger partial charge in [0.25, 0.3) is 0 Å². The normalized spacial score (nSPS) is 10.3. The van der Waals surface area contributed by atoms with E-state index in [0.717, 1.165) is 0 Å². The number of aromatic nitrogens is 2. The number of rotatable bonds is 6. The fraction of sp³-hybridized carbons (Fsp3) is 0.111. The number of halogens is 2. The first-order chi connectivity index (χ1) is 12.6. The highest BCUT2D eigenvalue weighted by atomic mass is 35.5. The number of nitrogens with one attached hydrogen (secondary N) is 2. The quantitative estimate of drug-likeness (QED) is 0.595. The number of benzene rings is 2. The van der Waals surface area contributed by atoms with E-state index in [1.807, 2.05) is 6.07 Å². The molecule has 26 heavy (non-hydrogen) atoms. The smallest absolute Gasteiger partial charge is 0.229 e. The van der Waals surface area contributed by atoms with E-state index in [2.05, 4.69) is 20.6 Å². The first-order valence-corrected chi connectivity index (χ1v) is 8.39. The molecule has 0 bridgehead atoms. The molecule has 0 radical (unpaired) electrons. The Bertz CT molecular complexity index is 921. The maximum atomic E-state index is 6.19. The molecule has 0 aliphatic heterocycles. The Hall–Kier alpha value is -2.70. The average Bonchev–Trinajstić information content (AvgIpc) is 2.64. The molecular formula is C18H16Cl2N4O2. The van der Waals surface area contributed by atoms with E-state index in [4.69, 9.17) is 32.7 Å². The van der Waals surface area contributed by atoms with E-state index in [1.165, 1.54) is 0 Å². The highest BCUT2D eigenvalue weighted by Crippen LogP contribution is 2.31. The highest BCUT2D eigenvalue weighted by molar-refractivity contribution is 6.36. The number of methoxy groups -OCH3 is 2. The summed E-state index contributed by atoms with van der Waals surface area (Å²) in [6, 6.07) is 12.3.